The van der Waals surface area contributed by atoms with Crippen molar-refractivity contribution in [1.29, 1.82) is 0 Å². The number of carbonyl (C=O) groups is 1. The maximum atomic E-state index is 10.5. The minimum Gasteiger partial charge on any atom is -0.378 e. The predicted molar refractivity (Wildman–Crippen MR) is 48.5 cm³/mol. The van der Waals surface area contributed by atoms with Crippen LogP contribution in [0.4, 0.5) is 0 Å². The zero-order valence-electron chi connectivity index (χ0n) is 7.13. The summed E-state index contributed by atoms with van der Waals surface area (Å²) in [6, 6.07) is 0.285. The molecule has 12 heavy (non-hydrogen) atoms. The maximum Gasteiger partial charge on any atom is 0.216 e. The molecule has 0 saturated carbocycles. The summed E-state index contributed by atoms with van der Waals surface area (Å²) in [5.41, 5.74) is 0. The average molecular weight is 195 g/mol. The Bertz CT molecular complexity index is 137. The largest absolute Gasteiger partial charge is 0.378 e. The maximum absolute atomic E-state index is 10.5. The molecule has 0 aromatic carbocycles. The molecular weight excluding hydrogens is 180 g/mol. The van der Waals surface area contributed by atoms with Gasteiger partial charge in [0.05, 0.1) is 13.2 Å². The fourth-order valence-electron chi connectivity index (χ4n) is 1.02. The van der Waals surface area contributed by atoms with Crippen LogP contribution in [0.2, 0.25) is 0 Å². The SMILES string of the molecule is CC(=O)NCC1COCCN1.Cl. The minimum atomic E-state index is 0. The van der Waals surface area contributed by atoms with Crippen LogP contribution in [0, 0.1) is 0 Å². The van der Waals surface area contributed by atoms with E-state index in [0.717, 1.165) is 13.2 Å². The summed E-state index contributed by atoms with van der Waals surface area (Å²) in [5, 5.41) is 5.97. The van der Waals surface area contributed by atoms with Crippen molar-refractivity contribution in [3.05, 3.63) is 0 Å². The molecule has 0 aliphatic carbocycles. The molecule has 4 nitrogen and oxygen atoms in total. The Labute approximate surface area is 78.5 Å². The van der Waals surface area contributed by atoms with Gasteiger partial charge in [-0.3, -0.25) is 4.79 Å². The van der Waals surface area contributed by atoms with Gasteiger partial charge in [0, 0.05) is 26.1 Å². The molecule has 0 bridgehead atoms. The van der Waals surface area contributed by atoms with E-state index in [-0.39, 0.29) is 24.4 Å². The Morgan fingerprint density at radius 1 is 1.75 bits per heavy atom. The third-order valence-corrected chi connectivity index (χ3v) is 1.60. The van der Waals surface area contributed by atoms with Crippen molar-refractivity contribution in [2.45, 2.75) is 13.0 Å². The van der Waals surface area contributed by atoms with Crippen LogP contribution in [0.15, 0.2) is 0 Å². The van der Waals surface area contributed by atoms with E-state index in [1.807, 2.05) is 0 Å². The topological polar surface area (TPSA) is 50.4 Å². The van der Waals surface area contributed by atoms with Gasteiger partial charge in [0.15, 0.2) is 0 Å². The number of ether oxygens (including phenoxy) is 1. The number of amides is 1. The monoisotopic (exact) mass is 194 g/mol. The highest BCUT2D eigenvalue weighted by molar-refractivity contribution is 5.85. The van der Waals surface area contributed by atoms with Crippen LogP contribution in [0.1, 0.15) is 6.92 Å². The van der Waals surface area contributed by atoms with Crippen LogP contribution >= 0.6 is 12.4 Å². The summed E-state index contributed by atoms with van der Waals surface area (Å²) in [6.07, 6.45) is 0. The van der Waals surface area contributed by atoms with Gasteiger partial charge >= 0.3 is 0 Å². The van der Waals surface area contributed by atoms with Gasteiger partial charge in [-0.1, -0.05) is 0 Å². The van der Waals surface area contributed by atoms with Crippen molar-refractivity contribution in [3.63, 3.8) is 0 Å². The highest BCUT2D eigenvalue weighted by Crippen LogP contribution is 1.90. The van der Waals surface area contributed by atoms with Crippen molar-refractivity contribution < 1.29 is 9.53 Å². The average Bonchev–Trinajstić information content (AvgIpc) is 2.03. The number of hydrogen-bond acceptors (Lipinski definition) is 3. The second kappa shape index (κ2) is 6.22. The number of carbonyl (C=O) groups excluding carboxylic acids is 1. The van der Waals surface area contributed by atoms with Gasteiger partial charge in [0.25, 0.3) is 0 Å². The summed E-state index contributed by atoms with van der Waals surface area (Å²) in [7, 11) is 0. The molecule has 0 radical (unpaired) electrons. The van der Waals surface area contributed by atoms with Crippen molar-refractivity contribution in [2.75, 3.05) is 26.3 Å². The smallest absolute Gasteiger partial charge is 0.216 e. The van der Waals surface area contributed by atoms with E-state index >= 15 is 0 Å². The van der Waals surface area contributed by atoms with Gasteiger partial charge in [0.2, 0.25) is 5.91 Å². The van der Waals surface area contributed by atoms with E-state index in [1.54, 1.807) is 0 Å². The van der Waals surface area contributed by atoms with Crippen LogP contribution in [0.3, 0.4) is 0 Å². The lowest BCUT2D eigenvalue weighted by molar-refractivity contribution is -0.119. The molecule has 1 rings (SSSR count). The molecular formula is C7H15ClN2O2. The predicted octanol–water partition coefficient (Wildman–Crippen LogP) is -0.467. The van der Waals surface area contributed by atoms with Gasteiger partial charge in [-0.25, -0.2) is 0 Å². The molecule has 1 aliphatic rings. The van der Waals surface area contributed by atoms with E-state index in [9.17, 15) is 4.79 Å². The number of nitrogens with one attached hydrogen (secondary N) is 2. The fraction of sp³-hybridized carbons (Fsp3) is 0.857. The zero-order valence-corrected chi connectivity index (χ0v) is 7.95. The Hall–Kier alpha value is -0.320. The van der Waals surface area contributed by atoms with E-state index in [0.29, 0.717) is 13.2 Å². The van der Waals surface area contributed by atoms with Gasteiger partial charge in [-0.05, 0) is 0 Å². The first kappa shape index (κ1) is 11.7. The number of hydrogen-bond donors (Lipinski definition) is 2. The zero-order chi connectivity index (χ0) is 8.10. The molecule has 1 aliphatic heterocycles. The first-order valence-electron chi connectivity index (χ1n) is 3.84. The van der Waals surface area contributed by atoms with Crippen molar-refractivity contribution in [1.82, 2.24) is 10.6 Å². The molecule has 1 atom stereocenters. The number of rotatable bonds is 2. The number of morpholine rings is 1. The van der Waals surface area contributed by atoms with Crippen LogP contribution in [0.5, 0.6) is 0 Å². The molecule has 72 valence electrons. The fourth-order valence-corrected chi connectivity index (χ4v) is 1.02. The van der Waals surface area contributed by atoms with E-state index in [1.165, 1.54) is 6.92 Å². The van der Waals surface area contributed by atoms with Crippen LogP contribution in [-0.4, -0.2) is 38.3 Å². The molecule has 0 aromatic heterocycles. The summed E-state index contributed by atoms with van der Waals surface area (Å²) < 4.78 is 5.20. The summed E-state index contributed by atoms with van der Waals surface area (Å²) in [6.45, 7) is 4.53. The Kier molecular flexibility index (Phi) is 6.06. The molecule has 2 N–H and O–H groups in total. The first-order valence-corrected chi connectivity index (χ1v) is 3.84. The molecule has 0 spiro atoms. The van der Waals surface area contributed by atoms with E-state index < -0.39 is 0 Å². The molecule has 1 saturated heterocycles. The van der Waals surface area contributed by atoms with Gasteiger partial charge in [-0.2, -0.15) is 0 Å². The minimum absolute atomic E-state index is 0. The molecule has 1 fully saturated rings. The summed E-state index contributed by atoms with van der Waals surface area (Å²) >= 11 is 0. The Morgan fingerprint density at radius 2 is 2.50 bits per heavy atom. The van der Waals surface area contributed by atoms with Gasteiger partial charge in [-0.15, -0.1) is 12.4 Å². The quantitative estimate of drug-likeness (QED) is 0.625. The number of halogens is 1. The van der Waals surface area contributed by atoms with Crippen LogP contribution in [-0.2, 0) is 9.53 Å². The Morgan fingerprint density at radius 3 is 3.00 bits per heavy atom. The van der Waals surface area contributed by atoms with Crippen molar-refractivity contribution in [3.8, 4) is 0 Å². The summed E-state index contributed by atoms with van der Waals surface area (Å²) in [5.74, 6) is 0.0115. The Balaban J connectivity index is 0.00000121. The van der Waals surface area contributed by atoms with Crippen molar-refractivity contribution >= 4 is 18.3 Å². The highest BCUT2D eigenvalue weighted by Gasteiger charge is 2.12. The van der Waals surface area contributed by atoms with Crippen LogP contribution < -0.4 is 10.6 Å². The van der Waals surface area contributed by atoms with Gasteiger partial charge < -0.3 is 15.4 Å². The highest BCUT2D eigenvalue weighted by atomic mass is 35.5. The third kappa shape index (κ3) is 4.54. The van der Waals surface area contributed by atoms with Crippen LogP contribution in [0.25, 0.3) is 0 Å². The third-order valence-electron chi connectivity index (χ3n) is 1.60. The first-order chi connectivity index (χ1) is 5.29. The lowest BCUT2D eigenvalue weighted by Gasteiger charge is -2.23. The molecule has 1 amide bonds. The molecule has 1 unspecified atom stereocenters. The molecule has 1 heterocycles. The van der Waals surface area contributed by atoms with Crippen molar-refractivity contribution in [2.24, 2.45) is 0 Å². The lowest BCUT2D eigenvalue weighted by atomic mass is 10.3. The second-order valence-electron chi connectivity index (χ2n) is 2.66. The lowest BCUT2D eigenvalue weighted by Crippen LogP contribution is -2.47. The standard InChI is InChI=1S/C7H14N2O2.ClH/c1-6(10)9-4-7-5-11-3-2-8-7;/h7-8H,2-5H2,1H3,(H,9,10);1H. The van der Waals surface area contributed by atoms with Gasteiger partial charge in [0.1, 0.15) is 0 Å². The second-order valence-corrected chi connectivity index (χ2v) is 2.66. The summed E-state index contributed by atoms with van der Waals surface area (Å²) in [4.78, 5) is 10.5. The van der Waals surface area contributed by atoms with E-state index in [4.69, 9.17) is 4.74 Å². The molecule has 0 aromatic rings. The molecule has 5 heteroatoms. The van der Waals surface area contributed by atoms with E-state index in [2.05, 4.69) is 10.6 Å². The normalized spacial score (nSPS) is 22.6.